The molecule has 0 fully saturated rings. The summed E-state index contributed by atoms with van der Waals surface area (Å²) in [5, 5.41) is 19.3. The van der Waals surface area contributed by atoms with Gasteiger partial charge in [0.15, 0.2) is 0 Å². The van der Waals surface area contributed by atoms with Crippen molar-refractivity contribution in [3.63, 3.8) is 0 Å². The standard InChI is InChI=1S/C23H30O4/c1-4-23(3,19-10-14-21(26)15-11-19)22(7-5-6-16-27-17(2)24)18-8-12-20(25)13-9-18/h8-15,22,25-26H,4-7,16H2,1-3H3/t22-,23+/m1/s1. The molecule has 0 radical (unpaired) electrons. The fourth-order valence-corrected chi connectivity index (χ4v) is 3.72. The van der Waals surface area contributed by atoms with Gasteiger partial charge in [-0.1, -0.05) is 38.1 Å². The molecule has 2 aromatic carbocycles. The van der Waals surface area contributed by atoms with Gasteiger partial charge in [0.25, 0.3) is 0 Å². The van der Waals surface area contributed by atoms with Gasteiger partial charge < -0.3 is 14.9 Å². The number of unbranched alkanes of at least 4 members (excludes halogenated alkanes) is 1. The van der Waals surface area contributed by atoms with Gasteiger partial charge in [-0.3, -0.25) is 4.79 Å². The van der Waals surface area contributed by atoms with Crippen LogP contribution in [0.3, 0.4) is 0 Å². The highest BCUT2D eigenvalue weighted by molar-refractivity contribution is 5.65. The van der Waals surface area contributed by atoms with Crippen molar-refractivity contribution < 1.29 is 19.7 Å². The number of hydrogen-bond donors (Lipinski definition) is 2. The second-order valence-electron chi connectivity index (χ2n) is 7.30. The summed E-state index contributed by atoms with van der Waals surface area (Å²) >= 11 is 0. The minimum atomic E-state index is -0.243. The molecule has 2 rings (SSSR count). The minimum Gasteiger partial charge on any atom is -0.508 e. The third-order valence-corrected chi connectivity index (χ3v) is 5.52. The second kappa shape index (κ2) is 9.45. The third-order valence-electron chi connectivity index (χ3n) is 5.52. The van der Waals surface area contributed by atoms with E-state index in [2.05, 4.69) is 13.8 Å². The molecule has 4 heteroatoms. The molecule has 0 bridgehead atoms. The average molecular weight is 370 g/mol. The van der Waals surface area contributed by atoms with E-state index >= 15 is 0 Å². The van der Waals surface area contributed by atoms with E-state index in [0.29, 0.717) is 6.61 Å². The summed E-state index contributed by atoms with van der Waals surface area (Å²) in [5.41, 5.74) is 2.24. The molecule has 0 saturated carbocycles. The van der Waals surface area contributed by atoms with Crippen molar-refractivity contribution in [1.82, 2.24) is 0 Å². The average Bonchev–Trinajstić information content (AvgIpc) is 2.65. The first-order valence-electron chi connectivity index (χ1n) is 9.58. The van der Waals surface area contributed by atoms with Crippen molar-refractivity contribution in [2.45, 2.75) is 57.8 Å². The van der Waals surface area contributed by atoms with Crippen LogP contribution < -0.4 is 0 Å². The number of rotatable bonds is 9. The maximum Gasteiger partial charge on any atom is 0.302 e. The van der Waals surface area contributed by atoms with E-state index in [1.165, 1.54) is 18.1 Å². The molecule has 2 atom stereocenters. The van der Waals surface area contributed by atoms with Crippen LogP contribution in [-0.2, 0) is 14.9 Å². The molecule has 0 spiro atoms. The Hall–Kier alpha value is -2.49. The molecule has 0 aliphatic carbocycles. The molecule has 0 aromatic heterocycles. The van der Waals surface area contributed by atoms with E-state index in [4.69, 9.17) is 4.74 Å². The molecule has 0 aliphatic rings. The van der Waals surface area contributed by atoms with Crippen molar-refractivity contribution in [3.05, 3.63) is 59.7 Å². The zero-order chi connectivity index (χ0) is 19.9. The van der Waals surface area contributed by atoms with Crippen LogP contribution in [0, 0.1) is 0 Å². The summed E-state index contributed by atoms with van der Waals surface area (Å²) in [6.07, 6.45) is 3.64. The molecule has 4 nitrogen and oxygen atoms in total. The fourth-order valence-electron chi connectivity index (χ4n) is 3.72. The molecule has 27 heavy (non-hydrogen) atoms. The molecule has 0 heterocycles. The normalized spacial score (nSPS) is 14.3. The number of carbonyl (C=O) groups excluding carboxylic acids is 1. The predicted octanol–water partition coefficient (Wildman–Crippen LogP) is 5.28. The van der Waals surface area contributed by atoms with E-state index in [0.717, 1.165) is 25.7 Å². The summed E-state index contributed by atoms with van der Waals surface area (Å²) in [4.78, 5) is 10.9. The van der Waals surface area contributed by atoms with Crippen LogP contribution in [0.5, 0.6) is 11.5 Å². The Labute approximate surface area is 161 Å². The SMILES string of the molecule is CC[C@@](C)(c1ccc(O)cc1)[C@H](CCCCOC(C)=O)c1ccc(O)cc1. The first kappa shape index (κ1) is 20.8. The van der Waals surface area contributed by atoms with Gasteiger partial charge in [0.05, 0.1) is 6.61 Å². The lowest BCUT2D eigenvalue weighted by molar-refractivity contribution is -0.141. The number of esters is 1. The Kier molecular flexibility index (Phi) is 7.28. The highest BCUT2D eigenvalue weighted by Crippen LogP contribution is 2.45. The summed E-state index contributed by atoms with van der Waals surface area (Å²) in [6.45, 7) is 6.31. The monoisotopic (exact) mass is 370 g/mol. The van der Waals surface area contributed by atoms with Gasteiger partial charge in [-0.25, -0.2) is 0 Å². The molecule has 0 saturated heterocycles. The number of aromatic hydroxyl groups is 2. The van der Waals surface area contributed by atoms with Crippen LogP contribution in [-0.4, -0.2) is 22.8 Å². The maximum atomic E-state index is 10.9. The number of ether oxygens (including phenoxy) is 1. The Balaban J connectivity index is 2.27. The predicted molar refractivity (Wildman–Crippen MR) is 107 cm³/mol. The molecule has 0 unspecified atom stereocenters. The second-order valence-corrected chi connectivity index (χ2v) is 7.30. The first-order valence-corrected chi connectivity index (χ1v) is 9.58. The van der Waals surface area contributed by atoms with Crippen LogP contribution in [0.25, 0.3) is 0 Å². The first-order chi connectivity index (χ1) is 12.9. The molecule has 0 amide bonds. The Morgan fingerprint density at radius 1 is 1.00 bits per heavy atom. The van der Waals surface area contributed by atoms with Crippen molar-refractivity contribution in [1.29, 1.82) is 0 Å². The quantitative estimate of drug-likeness (QED) is 0.465. The molecule has 0 aliphatic heterocycles. The third kappa shape index (κ3) is 5.49. The number of phenolic OH excluding ortho intramolecular Hbond substituents is 2. The van der Waals surface area contributed by atoms with Crippen molar-refractivity contribution in [2.24, 2.45) is 0 Å². The van der Waals surface area contributed by atoms with E-state index in [1.807, 2.05) is 24.3 Å². The zero-order valence-corrected chi connectivity index (χ0v) is 16.4. The Morgan fingerprint density at radius 2 is 1.56 bits per heavy atom. The molecule has 2 N–H and O–H groups in total. The van der Waals surface area contributed by atoms with Gasteiger partial charge in [0, 0.05) is 6.92 Å². The van der Waals surface area contributed by atoms with E-state index in [-0.39, 0.29) is 28.8 Å². The van der Waals surface area contributed by atoms with Crippen LogP contribution in [0.1, 0.15) is 63.5 Å². The molecule has 146 valence electrons. The number of phenols is 2. The Morgan fingerprint density at radius 3 is 2.07 bits per heavy atom. The van der Waals surface area contributed by atoms with E-state index in [1.54, 1.807) is 24.3 Å². The van der Waals surface area contributed by atoms with Crippen molar-refractivity contribution in [2.75, 3.05) is 6.61 Å². The molecule has 2 aromatic rings. The van der Waals surface area contributed by atoms with E-state index < -0.39 is 0 Å². The largest absolute Gasteiger partial charge is 0.508 e. The zero-order valence-electron chi connectivity index (χ0n) is 16.4. The molecular weight excluding hydrogens is 340 g/mol. The summed E-state index contributed by atoms with van der Waals surface area (Å²) < 4.78 is 5.06. The van der Waals surface area contributed by atoms with Gasteiger partial charge in [-0.15, -0.1) is 0 Å². The highest BCUT2D eigenvalue weighted by atomic mass is 16.5. The summed E-state index contributed by atoms with van der Waals surface area (Å²) in [7, 11) is 0. The lowest BCUT2D eigenvalue weighted by Crippen LogP contribution is -2.30. The smallest absolute Gasteiger partial charge is 0.302 e. The number of hydrogen-bond acceptors (Lipinski definition) is 4. The van der Waals surface area contributed by atoms with Gasteiger partial charge >= 0.3 is 5.97 Å². The maximum absolute atomic E-state index is 10.9. The fraction of sp³-hybridized carbons (Fsp3) is 0.435. The minimum absolute atomic E-state index is 0.119. The van der Waals surface area contributed by atoms with Gasteiger partial charge in [-0.05, 0) is 72.4 Å². The van der Waals surface area contributed by atoms with Crippen LogP contribution >= 0.6 is 0 Å². The van der Waals surface area contributed by atoms with Crippen LogP contribution in [0.2, 0.25) is 0 Å². The topological polar surface area (TPSA) is 66.8 Å². The van der Waals surface area contributed by atoms with Gasteiger partial charge in [-0.2, -0.15) is 0 Å². The van der Waals surface area contributed by atoms with Crippen LogP contribution in [0.15, 0.2) is 48.5 Å². The van der Waals surface area contributed by atoms with Crippen molar-refractivity contribution >= 4 is 5.97 Å². The van der Waals surface area contributed by atoms with Gasteiger partial charge in [0.2, 0.25) is 0 Å². The highest BCUT2D eigenvalue weighted by Gasteiger charge is 2.35. The van der Waals surface area contributed by atoms with Crippen molar-refractivity contribution in [3.8, 4) is 11.5 Å². The molecular formula is C23H30O4. The summed E-state index contributed by atoms with van der Waals surface area (Å²) in [5.74, 6) is 0.521. The Bertz CT molecular complexity index is 721. The number of carbonyl (C=O) groups is 1. The lowest BCUT2D eigenvalue weighted by atomic mass is 9.65. The van der Waals surface area contributed by atoms with Gasteiger partial charge in [0.1, 0.15) is 11.5 Å². The van der Waals surface area contributed by atoms with E-state index in [9.17, 15) is 15.0 Å². The lowest BCUT2D eigenvalue weighted by Gasteiger charge is -2.38. The summed E-state index contributed by atoms with van der Waals surface area (Å²) in [6, 6.07) is 14.9. The van der Waals surface area contributed by atoms with Crippen LogP contribution in [0.4, 0.5) is 0 Å². The number of benzene rings is 2.